The first kappa shape index (κ1) is 16.1. The van der Waals surface area contributed by atoms with Gasteiger partial charge in [-0.25, -0.2) is 0 Å². The summed E-state index contributed by atoms with van der Waals surface area (Å²) >= 11 is 0. The summed E-state index contributed by atoms with van der Waals surface area (Å²) in [6.07, 6.45) is 1.45. The van der Waals surface area contributed by atoms with Crippen molar-refractivity contribution in [2.75, 3.05) is 13.7 Å². The van der Waals surface area contributed by atoms with E-state index < -0.39 is 0 Å². The molecule has 0 spiro atoms. The smallest absolute Gasteiger partial charge is 0.310 e. The molecule has 124 valence electrons. The van der Waals surface area contributed by atoms with Crippen LogP contribution in [0.4, 0.5) is 0 Å². The van der Waals surface area contributed by atoms with Crippen molar-refractivity contribution in [1.29, 1.82) is 0 Å². The van der Waals surface area contributed by atoms with E-state index in [1.165, 1.54) is 27.7 Å². The van der Waals surface area contributed by atoms with Crippen molar-refractivity contribution >= 4 is 16.9 Å². The average molecular weight is 314 g/mol. The molecule has 0 saturated carbocycles. The number of fused-ring (bicyclic) bond motifs is 2. The van der Waals surface area contributed by atoms with Crippen molar-refractivity contribution < 1.29 is 9.53 Å². The highest BCUT2D eigenvalue weighted by molar-refractivity contribution is 5.90. The molecule has 0 radical (unpaired) electrons. The number of nitrogens with zero attached hydrogens (tertiary/aromatic N) is 2. The van der Waals surface area contributed by atoms with Crippen molar-refractivity contribution in [3.63, 3.8) is 0 Å². The number of esters is 1. The monoisotopic (exact) mass is 314 g/mol. The second kappa shape index (κ2) is 6.36. The second-order valence-electron chi connectivity index (χ2n) is 6.51. The Hall–Kier alpha value is -1.81. The van der Waals surface area contributed by atoms with Crippen LogP contribution in [0, 0.1) is 6.92 Å². The van der Waals surface area contributed by atoms with Gasteiger partial charge in [-0.05, 0) is 56.1 Å². The fraction of sp³-hybridized carbons (Fsp3) is 0.526. The van der Waals surface area contributed by atoms with Crippen LogP contribution in [0.3, 0.4) is 0 Å². The zero-order chi connectivity index (χ0) is 16.6. The Balaban J connectivity index is 2.12. The Morgan fingerprint density at radius 3 is 2.57 bits per heavy atom. The summed E-state index contributed by atoms with van der Waals surface area (Å²) in [6.45, 7) is 9.59. The van der Waals surface area contributed by atoms with Crippen LogP contribution in [0.25, 0.3) is 10.9 Å². The van der Waals surface area contributed by atoms with Crippen LogP contribution in [0.2, 0.25) is 0 Å². The minimum absolute atomic E-state index is 0.135. The van der Waals surface area contributed by atoms with Crippen LogP contribution < -0.4 is 0 Å². The van der Waals surface area contributed by atoms with Crippen molar-refractivity contribution in [2.45, 2.75) is 53.2 Å². The van der Waals surface area contributed by atoms with Gasteiger partial charge in [0.25, 0.3) is 0 Å². The number of carbonyl (C=O) groups is 1. The third-order valence-corrected chi connectivity index (χ3v) is 4.73. The van der Waals surface area contributed by atoms with Gasteiger partial charge in [0, 0.05) is 36.2 Å². The van der Waals surface area contributed by atoms with Crippen molar-refractivity contribution in [3.8, 4) is 0 Å². The molecular formula is C19H26N2O2. The van der Waals surface area contributed by atoms with Crippen LogP contribution in [-0.4, -0.2) is 29.1 Å². The molecule has 0 fully saturated rings. The van der Waals surface area contributed by atoms with Gasteiger partial charge in [0.05, 0.1) is 13.0 Å². The molecule has 0 N–H and O–H groups in total. The molecule has 1 aliphatic heterocycles. The van der Waals surface area contributed by atoms with Gasteiger partial charge in [0.2, 0.25) is 0 Å². The molecule has 0 amide bonds. The van der Waals surface area contributed by atoms with Gasteiger partial charge in [-0.2, -0.15) is 0 Å². The number of aryl methyl sites for hydroxylation is 1. The average Bonchev–Trinajstić information content (AvgIpc) is 2.97. The van der Waals surface area contributed by atoms with E-state index in [2.05, 4.69) is 42.5 Å². The molecular weight excluding hydrogens is 288 g/mol. The van der Waals surface area contributed by atoms with Crippen LogP contribution in [0.5, 0.6) is 0 Å². The number of rotatable bonds is 5. The van der Waals surface area contributed by atoms with E-state index in [9.17, 15) is 4.79 Å². The van der Waals surface area contributed by atoms with Gasteiger partial charge in [-0.1, -0.05) is 6.92 Å². The molecule has 0 saturated heterocycles. The van der Waals surface area contributed by atoms with Crippen molar-refractivity contribution in [2.24, 2.45) is 0 Å². The van der Waals surface area contributed by atoms with E-state index in [1.54, 1.807) is 0 Å². The normalized spacial score (nSPS) is 14.4. The zero-order valence-electron chi connectivity index (χ0n) is 14.6. The third kappa shape index (κ3) is 2.88. The topological polar surface area (TPSA) is 34.5 Å². The molecule has 23 heavy (non-hydrogen) atoms. The van der Waals surface area contributed by atoms with E-state index in [0.717, 1.165) is 31.6 Å². The van der Waals surface area contributed by atoms with Crippen LogP contribution in [0.15, 0.2) is 12.1 Å². The second-order valence-corrected chi connectivity index (χ2v) is 6.51. The fourth-order valence-corrected chi connectivity index (χ4v) is 3.70. The van der Waals surface area contributed by atoms with Gasteiger partial charge in [-0.15, -0.1) is 0 Å². The Bertz CT molecular complexity index is 746. The van der Waals surface area contributed by atoms with Crippen LogP contribution in [-0.2, 0) is 35.6 Å². The number of aromatic nitrogens is 1. The SMILES string of the molecule is CCCn1c(C)c(CC(=O)OCC)c2cc3c(cc21)CN(C)C3. The van der Waals surface area contributed by atoms with Gasteiger partial charge in [-0.3, -0.25) is 9.69 Å². The first-order valence-electron chi connectivity index (χ1n) is 8.52. The number of carbonyl (C=O) groups excluding carboxylic acids is 1. The maximum Gasteiger partial charge on any atom is 0.310 e. The maximum atomic E-state index is 12.0. The number of hydrogen-bond acceptors (Lipinski definition) is 3. The van der Waals surface area contributed by atoms with Crippen molar-refractivity contribution in [3.05, 3.63) is 34.5 Å². The number of benzene rings is 1. The number of hydrogen-bond donors (Lipinski definition) is 0. The Morgan fingerprint density at radius 2 is 1.91 bits per heavy atom. The molecule has 4 heteroatoms. The lowest BCUT2D eigenvalue weighted by molar-refractivity contribution is -0.142. The molecule has 0 atom stereocenters. The fourth-order valence-electron chi connectivity index (χ4n) is 3.70. The highest BCUT2D eigenvalue weighted by atomic mass is 16.5. The molecule has 0 unspecified atom stereocenters. The summed E-state index contributed by atoms with van der Waals surface area (Å²) in [5.41, 5.74) is 6.39. The minimum Gasteiger partial charge on any atom is -0.466 e. The summed E-state index contributed by atoms with van der Waals surface area (Å²) < 4.78 is 7.54. The molecule has 1 aliphatic rings. The predicted molar refractivity (Wildman–Crippen MR) is 92.5 cm³/mol. The van der Waals surface area contributed by atoms with E-state index >= 15 is 0 Å². The molecule has 1 aromatic carbocycles. The highest BCUT2D eigenvalue weighted by Crippen LogP contribution is 2.33. The molecule has 4 nitrogen and oxygen atoms in total. The minimum atomic E-state index is -0.135. The first-order chi connectivity index (χ1) is 11.0. The molecule has 2 heterocycles. The standard InChI is InChI=1S/C19H26N2O2/c1-5-7-21-13(3)16(10-19(22)23-6-2)17-8-14-11-20(4)12-15(14)9-18(17)21/h8-9H,5-7,10-12H2,1-4H3. The van der Waals surface area contributed by atoms with Gasteiger partial charge in [0.1, 0.15) is 0 Å². The summed E-state index contributed by atoms with van der Waals surface area (Å²) in [6, 6.07) is 4.62. The Kier molecular flexibility index (Phi) is 4.44. The predicted octanol–water partition coefficient (Wildman–Crippen LogP) is 3.41. The lowest BCUT2D eigenvalue weighted by Gasteiger charge is -2.07. The quantitative estimate of drug-likeness (QED) is 0.793. The summed E-state index contributed by atoms with van der Waals surface area (Å²) in [5.74, 6) is -0.135. The van der Waals surface area contributed by atoms with E-state index in [0.29, 0.717) is 13.0 Å². The largest absolute Gasteiger partial charge is 0.466 e. The Morgan fingerprint density at radius 1 is 1.22 bits per heavy atom. The lowest BCUT2D eigenvalue weighted by Crippen LogP contribution is -2.09. The zero-order valence-corrected chi connectivity index (χ0v) is 14.6. The molecule has 1 aromatic heterocycles. The van der Waals surface area contributed by atoms with E-state index in [-0.39, 0.29) is 5.97 Å². The van der Waals surface area contributed by atoms with Crippen LogP contribution in [0.1, 0.15) is 42.7 Å². The summed E-state index contributed by atoms with van der Waals surface area (Å²) in [5, 5.41) is 1.22. The third-order valence-electron chi connectivity index (χ3n) is 4.73. The van der Waals surface area contributed by atoms with Gasteiger partial charge in [0.15, 0.2) is 0 Å². The maximum absolute atomic E-state index is 12.0. The lowest BCUT2D eigenvalue weighted by atomic mass is 10.0. The Labute approximate surface area is 138 Å². The summed E-state index contributed by atoms with van der Waals surface area (Å²) in [7, 11) is 2.15. The van der Waals surface area contributed by atoms with Gasteiger partial charge < -0.3 is 9.30 Å². The van der Waals surface area contributed by atoms with Gasteiger partial charge >= 0.3 is 5.97 Å². The van der Waals surface area contributed by atoms with E-state index in [4.69, 9.17) is 4.74 Å². The van der Waals surface area contributed by atoms with E-state index in [1.807, 2.05) is 6.92 Å². The molecule has 2 aromatic rings. The summed E-state index contributed by atoms with van der Waals surface area (Å²) in [4.78, 5) is 14.3. The molecule has 3 rings (SSSR count). The van der Waals surface area contributed by atoms with Crippen LogP contribution >= 0.6 is 0 Å². The van der Waals surface area contributed by atoms with Crippen molar-refractivity contribution in [1.82, 2.24) is 9.47 Å². The molecule has 0 bridgehead atoms. The molecule has 0 aliphatic carbocycles. The first-order valence-corrected chi connectivity index (χ1v) is 8.52. The number of ether oxygens (including phenoxy) is 1. The highest BCUT2D eigenvalue weighted by Gasteiger charge is 2.22.